The van der Waals surface area contributed by atoms with Crippen molar-refractivity contribution in [3.8, 4) is 0 Å². The Labute approximate surface area is 120 Å². The fourth-order valence-electron chi connectivity index (χ4n) is 3.60. The van der Waals surface area contributed by atoms with Crippen molar-refractivity contribution in [1.82, 2.24) is 4.90 Å². The lowest BCUT2D eigenvalue weighted by molar-refractivity contribution is 0.0696. The van der Waals surface area contributed by atoms with Gasteiger partial charge in [0.25, 0.3) is 0 Å². The highest BCUT2D eigenvalue weighted by molar-refractivity contribution is 5.87. The zero-order valence-corrected chi connectivity index (χ0v) is 12.0. The van der Waals surface area contributed by atoms with E-state index in [2.05, 4.69) is 4.90 Å². The number of carboxylic acid groups (broad SMARTS) is 1. The van der Waals surface area contributed by atoms with Gasteiger partial charge in [0.2, 0.25) is 0 Å². The topological polar surface area (TPSA) is 40.5 Å². The molecule has 1 fully saturated rings. The van der Waals surface area contributed by atoms with E-state index in [1.165, 1.54) is 49.8 Å². The van der Waals surface area contributed by atoms with Crippen molar-refractivity contribution < 1.29 is 9.90 Å². The number of hydrogen-bond donors (Lipinski definition) is 1. The maximum atomic E-state index is 11.1. The number of benzene rings is 1. The molecule has 0 atom stereocenters. The third-order valence-electron chi connectivity index (χ3n) is 4.87. The van der Waals surface area contributed by atoms with Crippen LogP contribution in [0.3, 0.4) is 0 Å². The number of nitrogens with zero attached hydrogens (tertiary/aromatic N) is 1. The number of rotatable bonds is 4. The molecule has 2 aliphatic rings. The van der Waals surface area contributed by atoms with Crippen molar-refractivity contribution in [2.24, 2.45) is 5.92 Å². The molecule has 3 heteroatoms. The lowest BCUT2D eigenvalue weighted by Gasteiger charge is -2.29. The molecule has 3 nitrogen and oxygen atoms in total. The van der Waals surface area contributed by atoms with Crippen LogP contribution in [-0.2, 0) is 13.0 Å². The van der Waals surface area contributed by atoms with Crippen LogP contribution < -0.4 is 0 Å². The van der Waals surface area contributed by atoms with Crippen molar-refractivity contribution in [3.63, 3.8) is 0 Å². The molecule has 1 aromatic rings. The number of hydrogen-bond acceptors (Lipinski definition) is 2. The van der Waals surface area contributed by atoms with E-state index in [1.54, 1.807) is 6.07 Å². The highest BCUT2D eigenvalue weighted by Gasteiger charge is 2.20. The van der Waals surface area contributed by atoms with Crippen LogP contribution >= 0.6 is 0 Å². The molecule has 0 spiro atoms. The van der Waals surface area contributed by atoms with Gasteiger partial charge in [0.15, 0.2) is 0 Å². The monoisotopic (exact) mass is 273 g/mol. The van der Waals surface area contributed by atoms with Gasteiger partial charge in [-0.1, -0.05) is 31.7 Å². The molecular weight excluding hydrogens is 250 g/mol. The largest absolute Gasteiger partial charge is 0.478 e. The van der Waals surface area contributed by atoms with E-state index < -0.39 is 5.97 Å². The van der Waals surface area contributed by atoms with Gasteiger partial charge in [-0.25, -0.2) is 4.79 Å². The third-order valence-corrected chi connectivity index (χ3v) is 4.87. The third kappa shape index (κ3) is 3.04. The van der Waals surface area contributed by atoms with Crippen LogP contribution in [0.1, 0.15) is 53.6 Å². The molecule has 0 aromatic heterocycles. The Morgan fingerprint density at radius 3 is 2.80 bits per heavy atom. The quantitative estimate of drug-likeness (QED) is 0.915. The van der Waals surface area contributed by atoms with Crippen LogP contribution in [0.2, 0.25) is 0 Å². The summed E-state index contributed by atoms with van der Waals surface area (Å²) in [6, 6.07) is 5.59. The molecule has 108 valence electrons. The van der Waals surface area contributed by atoms with E-state index in [1.807, 2.05) is 12.1 Å². The van der Waals surface area contributed by atoms with Gasteiger partial charge < -0.3 is 5.11 Å². The van der Waals surface area contributed by atoms with Gasteiger partial charge in [0, 0.05) is 13.1 Å². The minimum absolute atomic E-state index is 0.418. The Balaban J connectivity index is 1.61. The molecular formula is C17H23NO2. The highest BCUT2D eigenvalue weighted by atomic mass is 16.4. The average Bonchev–Trinajstić information content (AvgIpc) is 2.97. The van der Waals surface area contributed by atoms with Crippen LogP contribution in [0.4, 0.5) is 0 Å². The second-order valence-corrected chi connectivity index (χ2v) is 6.25. The van der Waals surface area contributed by atoms with E-state index in [4.69, 9.17) is 5.11 Å². The van der Waals surface area contributed by atoms with E-state index >= 15 is 0 Å². The number of fused-ring (bicyclic) bond motifs is 1. The molecule has 0 unspecified atom stereocenters. The van der Waals surface area contributed by atoms with E-state index in [0.29, 0.717) is 5.56 Å². The Morgan fingerprint density at radius 2 is 2.05 bits per heavy atom. The minimum atomic E-state index is -0.823. The van der Waals surface area contributed by atoms with Crippen LogP contribution in [0.15, 0.2) is 18.2 Å². The van der Waals surface area contributed by atoms with Crippen molar-refractivity contribution in [3.05, 3.63) is 34.9 Å². The van der Waals surface area contributed by atoms with Gasteiger partial charge in [-0.15, -0.1) is 0 Å². The lowest BCUT2D eigenvalue weighted by atomic mass is 9.96. The first-order valence-corrected chi connectivity index (χ1v) is 7.80. The molecule has 1 aliphatic carbocycles. The molecule has 0 amide bonds. The summed E-state index contributed by atoms with van der Waals surface area (Å²) in [7, 11) is 0. The first kappa shape index (κ1) is 13.6. The van der Waals surface area contributed by atoms with Gasteiger partial charge in [0.1, 0.15) is 0 Å². The fourth-order valence-corrected chi connectivity index (χ4v) is 3.60. The maximum Gasteiger partial charge on any atom is 0.335 e. The first-order chi connectivity index (χ1) is 9.72. The second-order valence-electron chi connectivity index (χ2n) is 6.25. The molecule has 3 rings (SSSR count). The molecule has 20 heavy (non-hydrogen) atoms. The highest BCUT2D eigenvalue weighted by Crippen LogP contribution is 2.28. The average molecular weight is 273 g/mol. The molecule has 1 aliphatic heterocycles. The zero-order valence-electron chi connectivity index (χ0n) is 12.0. The molecule has 1 heterocycles. The van der Waals surface area contributed by atoms with Crippen molar-refractivity contribution in [2.45, 2.75) is 45.1 Å². The van der Waals surface area contributed by atoms with E-state index in [9.17, 15) is 4.79 Å². The number of carbonyl (C=O) groups is 1. The fraction of sp³-hybridized carbons (Fsp3) is 0.588. The summed E-state index contributed by atoms with van der Waals surface area (Å²) < 4.78 is 0. The summed E-state index contributed by atoms with van der Waals surface area (Å²) in [5, 5.41) is 9.09. The van der Waals surface area contributed by atoms with Crippen LogP contribution in [0, 0.1) is 5.92 Å². The summed E-state index contributed by atoms with van der Waals surface area (Å²) >= 11 is 0. The summed E-state index contributed by atoms with van der Waals surface area (Å²) in [5.74, 6) is 0.109. The number of aromatic carboxylic acids is 1. The Hall–Kier alpha value is -1.35. The van der Waals surface area contributed by atoms with Crippen LogP contribution in [0.5, 0.6) is 0 Å². The minimum Gasteiger partial charge on any atom is -0.478 e. The smallest absolute Gasteiger partial charge is 0.335 e. The summed E-state index contributed by atoms with van der Waals surface area (Å²) in [6.07, 6.45) is 8.01. The summed E-state index contributed by atoms with van der Waals surface area (Å²) in [5.41, 5.74) is 2.95. The second kappa shape index (κ2) is 5.96. The summed E-state index contributed by atoms with van der Waals surface area (Å²) in [6.45, 7) is 3.21. The van der Waals surface area contributed by atoms with Crippen molar-refractivity contribution in [1.29, 1.82) is 0 Å². The van der Waals surface area contributed by atoms with Gasteiger partial charge in [-0.2, -0.15) is 0 Å². The first-order valence-electron chi connectivity index (χ1n) is 7.80. The molecule has 1 aromatic carbocycles. The predicted molar refractivity (Wildman–Crippen MR) is 79.0 cm³/mol. The standard InChI is InChI=1S/C17H23NO2/c19-17(20)15-6-5-14-8-10-18(12-16(14)11-15)9-7-13-3-1-2-4-13/h5-6,11,13H,1-4,7-10,12H2,(H,19,20). The molecule has 0 radical (unpaired) electrons. The molecule has 1 N–H and O–H groups in total. The van der Waals surface area contributed by atoms with E-state index in [-0.39, 0.29) is 0 Å². The van der Waals surface area contributed by atoms with Gasteiger partial charge in [0.05, 0.1) is 5.56 Å². The lowest BCUT2D eigenvalue weighted by Crippen LogP contribution is -2.32. The molecule has 0 saturated heterocycles. The summed E-state index contributed by atoms with van der Waals surface area (Å²) in [4.78, 5) is 13.5. The van der Waals surface area contributed by atoms with Gasteiger partial charge in [-0.05, 0) is 48.6 Å². The Bertz CT molecular complexity index is 492. The van der Waals surface area contributed by atoms with Crippen LogP contribution in [-0.4, -0.2) is 29.1 Å². The van der Waals surface area contributed by atoms with Gasteiger partial charge >= 0.3 is 5.97 Å². The Morgan fingerprint density at radius 1 is 1.25 bits per heavy atom. The van der Waals surface area contributed by atoms with Crippen molar-refractivity contribution in [2.75, 3.05) is 13.1 Å². The predicted octanol–water partition coefficient (Wildman–Crippen LogP) is 3.32. The zero-order chi connectivity index (χ0) is 13.9. The molecule has 0 bridgehead atoms. The van der Waals surface area contributed by atoms with Crippen molar-refractivity contribution >= 4 is 5.97 Å². The maximum absolute atomic E-state index is 11.1. The SMILES string of the molecule is O=C(O)c1ccc2c(c1)CN(CCC1CCCC1)CC2. The van der Waals surface area contributed by atoms with Gasteiger partial charge in [-0.3, -0.25) is 4.90 Å². The number of carboxylic acids is 1. The van der Waals surface area contributed by atoms with Crippen LogP contribution in [0.25, 0.3) is 0 Å². The Kier molecular flexibility index (Phi) is 4.06. The van der Waals surface area contributed by atoms with E-state index in [0.717, 1.165) is 25.4 Å². The normalized spacial score (nSPS) is 20.0. The molecule has 1 saturated carbocycles.